The maximum absolute atomic E-state index is 12.9. The third-order valence-corrected chi connectivity index (χ3v) is 13.9. The summed E-state index contributed by atoms with van der Waals surface area (Å²) in [4.78, 5) is 38.3. The summed E-state index contributed by atoms with van der Waals surface area (Å²) in [5.74, 6) is -0.886. The average molecular weight is 1050 g/mol. The molecule has 0 saturated carbocycles. The Morgan fingerprint density at radius 3 is 0.853 bits per heavy atom. The number of rotatable bonds is 58. The van der Waals surface area contributed by atoms with Crippen LogP contribution in [0, 0.1) is 0 Å². The van der Waals surface area contributed by atoms with E-state index >= 15 is 0 Å². The highest BCUT2D eigenvalue weighted by atomic mass is 16.6. The SMILES string of the molecule is CC/C=C\C/C=C\C/C=C\C/C=C\CCCCCCCCCCCCC(=O)OCC(COC(=O)CCCCCCC/C=C\CCCCCCCC)OC(=O)CCCCCCCCCCC/C=C\C/C=C\CCCCC. The zero-order valence-corrected chi connectivity index (χ0v) is 49.6. The maximum Gasteiger partial charge on any atom is 0.306 e. The van der Waals surface area contributed by atoms with Crippen molar-refractivity contribution in [2.24, 2.45) is 0 Å². The number of hydrogen-bond donors (Lipinski definition) is 0. The number of allylic oxidation sites excluding steroid dienone is 14. The fourth-order valence-electron chi connectivity index (χ4n) is 9.05. The van der Waals surface area contributed by atoms with E-state index in [-0.39, 0.29) is 31.1 Å². The Labute approximate surface area is 465 Å². The molecule has 1 atom stereocenters. The molecule has 0 rings (SSSR count). The van der Waals surface area contributed by atoms with Crippen molar-refractivity contribution in [2.45, 2.75) is 322 Å². The Morgan fingerprint density at radius 2 is 0.520 bits per heavy atom. The van der Waals surface area contributed by atoms with Crippen LogP contribution in [0.25, 0.3) is 0 Å². The first-order valence-electron chi connectivity index (χ1n) is 32.1. The van der Waals surface area contributed by atoms with E-state index in [9.17, 15) is 14.4 Å². The van der Waals surface area contributed by atoms with E-state index in [0.29, 0.717) is 19.3 Å². The van der Waals surface area contributed by atoms with E-state index in [1.54, 1.807) is 0 Å². The van der Waals surface area contributed by atoms with Gasteiger partial charge in [-0.05, 0) is 116 Å². The smallest absolute Gasteiger partial charge is 0.306 e. The van der Waals surface area contributed by atoms with Crippen molar-refractivity contribution >= 4 is 17.9 Å². The first-order valence-corrected chi connectivity index (χ1v) is 32.1. The molecule has 0 amide bonds. The van der Waals surface area contributed by atoms with Crippen LogP contribution in [-0.2, 0) is 28.6 Å². The topological polar surface area (TPSA) is 78.9 Å². The van der Waals surface area contributed by atoms with Crippen LogP contribution in [0.1, 0.15) is 316 Å². The summed E-state index contributed by atoms with van der Waals surface area (Å²) in [6, 6.07) is 0. The summed E-state index contributed by atoms with van der Waals surface area (Å²) in [7, 11) is 0. The predicted octanol–water partition coefficient (Wildman–Crippen LogP) is 21.9. The van der Waals surface area contributed by atoms with Crippen molar-refractivity contribution < 1.29 is 28.6 Å². The van der Waals surface area contributed by atoms with Crippen molar-refractivity contribution in [3.63, 3.8) is 0 Å². The molecule has 0 spiro atoms. The monoisotopic (exact) mass is 1040 g/mol. The molecule has 1 unspecified atom stereocenters. The van der Waals surface area contributed by atoms with Crippen molar-refractivity contribution in [1.29, 1.82) is 0 Å². The second kappa shape index (κ2) is 63.1. The van der Waals surface area contributed by atoms with Gasteiger partial charge in [-0.25, -0.2) is 0 Å². The summed E-state index contributed by atoms with van der Waals surface area (Å²) in [5, 5.41) is 0. The first-order chi connectivity index (χ1) is 37.0. The molecule has 75 heavy (non-hydrogen) atoms. The summed E-state index contributed by atoms with van der Waals surface area (Å²) in [6.45, 7) is 6.52. The van der Waals surface area contributed by atoms with Gasteiger partial charge in [0.15, 0.2) is 6.10 Å². The van der Waals surface area contributed by atoms with Crippen LogP contribution < -0.4 is 0 Å². The quantitative estimate of drug-likeness (QED) is 0.0261. The lowest BCUT2D eigenvalue weighted by Crippen LogP contribution is -2.30. The Balaban J connectivity index is 4.36. The van der Waals surface area contributed by atoms with Crippen molar-refractivity contribution in [3.05, 3.63) is 85.1 Å². The minimum Gasteiger partial charge on any atom is -0.462 e. The van der Waals surface area contributed by atoms with Gasteiger partial charge in [0.2, 0.25) is 0 Å². The lowest BCUT2D eigenvalue weighted by atomic mass is 10.1. The molecule has 0 heterocycles. The molecule has 0 aromatic rings. The number of carbonyl (C=O) groups excluding carboxylic acids is 3. The molecule has 0 aliphatic carbocycles. The van der Waals surface area contributed by atoms with Crippen LogP contribution in [0.3, 0.4) is 0 Å². The van der Waals surface area contributed by atoms with E-state index in [4.69, 9.17) is 14.2 Å². The van der Waals surface area contributed by atoms with Gasteiger partial charge in [0, 0.05) is 19.3 Å². The van der Waals surface area contributed by atoms with E-state index in [0.717, 1.165) is 96.3 Å². The van der Waals surface area contributed by atoms with Crippen LogP contribution in [0.4, 0.5) is 0 Å². The van der Waals surface area contributed by atoms with Crippen LogP contribution in [-0.4, -0.2) is 37.2 Å². The van der Waals surface area contributed by atoms with Crippen LogP contribution in [0.2, 0.25) is 0 Å². The van der Waals surface area contributed by atoms with Gasteiger partial charge < -0.3 is 14.2 Å². The van der Waals surface area contributed by atoms with Gasteiger partial charge in [0.05, 0.1) is 0 Å². The molecule has 0 aromatic heterocycles. The highest BCUT2D eigenvalue weighted by Crippen LogP contribution is 2.16. The fourth-order valence-corrected chi connectivity index (χ4v) is 9.05. The van der Waals surface area contributed by atoms with Crippen molar-refractivity contribution in [2.75, 3.05) is 13.2 Å². The number of ether oxygens (including phenoxy) is 3. The standard InChI is InChI=1S/C69H120O6/c1-4-7-10-13-16-19-22-25-28-30-32-33-34-35-37-38-41-44-47-50-53-56-59-62-68(71)74-65-66(64-73-67(70)61-58-55-52-49-46-43-40-27-24-21-18-15-12-9-6-3)75-69(72)63-60-57-54-51-48-45-42-39-36-31-29-26-23-20-17-14-11-8-5-2/h7,10,16-17,19-20,25-29,32-33,40,66H,4-6,8-9,11-15,18,21-24,30-31,34-39,41-65H2,1-3H3/b10-7-,19-16-,20-17-,28-25-,29-26-,33-32-,40-27-. The normalized spacial score (nSPS) is 12.6. The summed E-state index contributed by atoms with van der Waals surface area (Å²) >= 11 is 0. The second-order valence-corrected chi connectivity index (χ2v) is 21.3. The highest BCUT2D eigenvalue weighted by Gasteiger charge is 2.19. The van der Waals surface area contributed by atoms with Crippen molar-refractivity contribution in [3.8, 4) is 0 Å². The number of esters is 3. The molecule has 0 aliphatic heterocycles. The van der Waals surface area contributed by atoms with Crippen LogP contribution in [0.15, 0.2) is 85.1 Å². The minimum atomic E-state index is -0.785. The average Bonchev–Trinajstić information content (AvgIpc) is 3.41. The predicted molar refractivity (Wildman–Crippen MR) is 325 cm³/mol. The number of unbranched alkanes of at least 4 members (excludes halogenated alkanes) is 33. The lowest BCUT2D eigenvalue weighted by molar-refractivity contribution is -0.167. The Morgan fingerprint density at radius 1 is 0.280 bits per heavy atom. The largest absolute Gasteiger partial charge is 0.462 e. The Hall–Kier alpha value is -3.41. The molecule has 0 fully saturated rings. The summed E-state index contributed by atoms with van der Waals surface area (Å²) in [6.07, 6.45) is 82.9. The lowest BCUT2D eigenvalue weighted by Gasteiger charge is -2.18. The van der Waals surface area contributed by atoms with Gasteiger partial charge in [-0.2, -0.15) is 0 Å². The van der Waals surface area contributed by atoms with Gasteiger partial charge in [0.1, 0.15) is 13.2 Å². The molecule has 0 N–H and O–H groups in total. The molecule has 6 heteroatoms. The van der Waals surface area contributed by atoms with E-state index in [2.05, 4.69) is 106 Å². The van der Waals surface area contributed by atoms with Crippen LogP contribution >= 0.6 is 0 Å². The molecule has 0 radical (unpaired) electrons. The van der Waals surface area contributed by atoms with Gasteiger partial charge in [0.25, 0.3) is 0 Å². The second-order valence-electron chi connectivity index (χ2n) is 21.3. The van der Waals surface area contributed by atoms with Crippen LogP contribution in [0.5, 0.6) is 0 Å². The van der Waals surface area contributed by atoms with Gasteiger partial charge in [-0.1, -0.05) is 266 Å². The number of carbonyl (C=O) groups is 3. The molecule has 0 aromatic carbocycles. The van der Waals surface area contributed by atoms with E-state index < -0.39 is 6.10 Å². The molecule has 0 aliphatic rings. The molecule has 6 nitrogen and oxygen atoms in total. The Bertz CT molecular complexity index is 1430. The molecule has 432 valence electrons. The zero-order valence-electron chi connectivity index (χ0n) is 49.6. The summed E-state index contributed by atoms with van der Waals surface area (Å²) < 4.78 is 16.9. The fraction of sp³-hybridized carbons (Fsp3) is 0.754. The van der Waals surface area contributed by atoms with Gasteiger partial charge in [-0.15, -0.1) is 0 Å². The third kappa shape index (κ3) is 61.3. The third-order valence-electron chi connectivity index (χ3n) is 13.9. The van der Waals surface area contributed by atoms with Crippen molar-refractivity contribution in [1.82, 2.24) is 0 Å². The zero-order chi connectivity index (χ0) is 54.3. The summed E-state index contributed by atoms with van der Waals surface area (Å²) in [5.41, 5.74) is 0. The maximum atomic E-state index is 12.9. The van der Waals surface area contributed by atoms with E-state index in [1.807, 2.05) is 0 Å². The van der Waals surface area contributed by atoms with Gasteiger partial charge >= 0.3 is 17.9 Å². The van der Waals surface area contributed by atoms with E-state index in [1.165, 1.54) is 180 Å². The minimum absolute atomic E-state index is 0.0818. The molecule has 0 saturated heterocycles. The van der Waals surface area contributed by atoms with Gasteiger partial charge in [-0.3, -0.25) is 14.4 Å². The Kier molecular flexibility index (Phi) is 60.3. The number of hydrogen-bond acceptors (Lipinski definition) is 6. The molecular formula is C69H120O6. The molecular weight excluding hydrogens is 925 g/mol. The first kappa shape index (κ1) is 71.6. The molecule has 0 bridgehead atoms. The highest BCUT2D eigenvalue weighted by molar-refractivity contribution is 5.71.